The van der Waals surface area contributed by atoms with Crippen molar-refractivity contribution in [3.8, 4) is 51.3 Å². The van der Waals surface area contributed by atoms with E-state index in [0.29, 0.717) is 103 Å². The van der Waals surface area contributed by atoms with Crippen LogP contribution in [0.25, 0.3) is 44.3 Å². The summed E-state index contributed by atoms with van der Waals surface area (Å²) in [5.41, 5.74) is 5.47. The molecule has 0 unspecified atom stereocenters. The zero-order chi connectivity index (χ0) is 41.0. The van der Waals surface area contributed by atoms with Crippen LogP contribution in [0.1, 0.15) is 26.2 Å². The van der Waals surface area contributed by atoms with Crippen molar-refractivity contribution in [2.75, 3.05) is 85.9 Å². The zero-order valence-electron chi connectivity index (χ0n) is 34.4. The predicted molar refractivity (Wildman–Crippen MR) is 234 cm³/mol. The lowest BCUT2D eigenvalue weighted by Crippen LogP contribution is -2.14. The maximum absolute atomic E-state index is 6.09. The van der Waals surface area contributed by atoms with Gasteiger partial charge in [-0.15, -0.1) is 0 Å². The Morgan fingerprint density at radius 2 is 0.900 bits per heavy atom. The van der Waals surface area contributed by atoms with E-state index in [-0.39, 0.29) is 0 Å². The minimum atomic E-state index is 0.373. The molecule has 11 nitrogen and oxygen atoms in total. The molecule has 0 saturated heterocycles. The SMILES string of the molecule is CCCOCCOc1cc2cc(c1)OCCOCCOCCOCCOc1ccc(cc1)-c1ccc3ccc4ccc(nc4c3n1)-c1ccc(cc1)OCC/C=C/CCO2. The molecule has 0 N–H and O–H groups in total. The van der Waals surface area contributed by atoms with E-state index in [0.717, 1.165) is 75.1 Å². The zero-order valence-corrected chi connectivity index (χ0v) is 34.4. The standard InChI is InChI=1S/C49H54N2O9/c1-2-21-52-28-32-59-44-34-43-35-45(36-44)60-33-30-55-27-25-53-24-26-54-29-31-58-42-17-11-38(12-18-42)47-20-14-40-8-7-39-13-19-46(50-48(39)49(40)51-47)37-9-15-41(16-10-37)56-22-5-3-4-6-23-57-43/h3-4,7-20,34-36H,2,5-6,21-33H2,1H3/b4-3+. The molecule has 10 bridgehead atoms. The second kappa shape index (κ2) is 23.2. The predicted octanol–water partition coefficient (Wildman–Crippen LogP) is 9.54. The van der Waals surface area contributed by atoms with Gasteiger partial charge in [0.15, 0.2) is 0 Å². The molecule has 11 heteroatoms. The van der Waals surface area contributed by atoms with Crippen LogP contribution in [0.4, 0.5) is 0 Å². The third-order valence-corrected chi connectivity index (χ3v) is 9.53. The molecule has 3 aliphatic rings. The van der Waals surface area contributed by atoms with E-state index in [1.807, 2.05) is 72.8 Å². The van der Waals surface area contributed by atoms with Crippen molar-refractivity contribution >= 4 is 21.8 Å². The van der Waals surface area contributed by atoms with E-state index in [4.69, 9.17) is 52.6 Å². The summed E-state index contributed by atoms with van der Waals surface area (Å²) in [5, 5.41) is 2.07. The van der Waals surface area contributed by atoms with Crippen molar-refractivity contribution in [1.82, 2.24) is 9.97 Å². The van der Waals surface area contributed by atoms with Gasteiger partial charge in [-0.05, 0) is 79.9 Å². The summed E-state index contributed by atoms with van der Waals surface area (Å²) in [7, 11) is 0. The van der Waals surface area contributed by atoms with Crippen LogP contribution in [0.2, 0.25) is 0 Å². The van der Waals surface area contributed by atoms with Crippen molar-refractivity contribution in [2.45, 2.75) is 26.2 Å². The van der Waals surface area contributed by atoms with E-state index in [2.05, 4.69) is 49.4 Å². The first-order valence-electron chi connectivity index (χ1n) is 20.9. The summed E-state index contributed by atoms with van der Waals surface area (Å²) in [6.45, 7) is 8.33. The van der Waals surface area contributed by atoms with Gasteiger partial charge >= 0.3 is 0 Å². The number of rotatable bonds is 6. The minimum absolute atomic E-state index is 0.373. The molecule has 60 heavy (non-hydrogen) atoms. The first-order valence-corrected chi connectivity index (χ1v) is 20.9. The molecule has 0 saturated carbocycles. The Labute approximate surface area is 352 Å². The molecule has 0 atom stereocenters. The van der Waals surface area contributed by atoms with E-state index < -0.39 is 0 Å². The number of hydrogen-bond acceptors (Lipinski definition) is 11. The molecule has 314 valence electrons. The molecular weight excluding hydrogens is 761 g/mol. The van der Waals surface area contributed by atoms with Gasteiger partial charge in [0.05, 0.1) is 81.9 Å². The summed E-state index contributed by atoms with van der Waals surface area (Å²) >= 11 is 0. The fourth-order valence-corrected chi connectivity index (χ4v) is 6.50. The number of aromatic nitrogens is 2. The van der Waals surface area contributed by atoms with Gasteiger partial charge in [-0.3, -0.25) is 0 Å². The van der Waals surface area contributed by atoms with Crippen LogP contribution in [-0.2, 0) is 18.9 Å². The maximum atomic E-state index is 6.09. The minimum Gasteiger partial charge on any atom is -0.493 e. The van der Waals surface area contributed by atoms with Crippen LogP contribution in [-0.4, -0.2) is 95.9 Å². The Balaban J connectivity index is 0.993. The largest absolute Gasteiger partial charge is 0.493 e. The van der Waals surface area contributed by atoms with Crippen LogP contribution in [0.3, 0.4) is 0 Å². The van der Waals surface area contributed by atoms with Gasteiger partial charge < -0.3 is 42.6 Å². The van der Waals surface area contributed by atoms with Crippen molar-refractivity contribution < 1.29 is 42.6 Å². The normalized spacial score (nSPS) is 15.8. The molecule has 9 rings (SSSR count). The lowest BCUT2D eigenvalue weighted by molar-refractivity contribution is 0.00497. The highest BCUT2D eigenvalue weighted by molar-refractivity contribution is 6.04. The summed E-state index contributed by atoms with van der Waals surface area (Å²) in [5.74, 6) is 3.55. The Kier molecular flexibility index (Phi) is 16.4. The first kappa shape index (κ1) is 42.4. The summed E-state index contributed by atoms with van der Waals surface area (Å²) in [6.07, 6.45) is 6.71. The Morgan fingerprint density at radius 1 is 0.450 bits per heavy atom. The molecule has 6 aromatic rings. The second-order valence-corrected chi connectivity index (χ2v) is 14.0. The van der Waals surface area contributed by atoms with Gasteiger partial charge in [-0.25, -0.2) is 9.97 Å². The monoisotopic (exact) mass is 814 g/mol. The lowest BCUT2D eigenvalue weighted by atomic mass is 10.1. The van der Waals surface area contributed by atoms with E-state index in [1.54, 1.807) is 0 Å². The quantitative estimate of drug-likeness (QED) is 0.0912. The van der Waals surface area contributed by atoms with E-state index >= 15 is 0 Å². The molecule has 0 spiro atoms. The molecule has 4 aromatic carbocycles. The van der Waals surface area contributed by atoms with Crippen LogP contribution in [0.15, 0.2) is 115 Å². The number of nitrogens with zero attached hydrogens (tertiary/aromatic N) is 2. The molecule has 2 aromatic heterocycles. The highest BCUT2D eigenvalue weighted by Crippen LogP contribution is 2.31. The van der Waals surface area contributed by atoms with Crippen LogP contribution < -0.4 is 23.7 Å². The third-order valence-electron chi connectivity index (χ3n) is 9.53. The molecule has 3 aliphatic heterocycles. The van der Waals surface area contributed by atoms with Gasteiger partial charge in [-0.2, -0.15) is 0 Å². The lowest BCUT2D eigenvalue weighted by Gasteiger charge is -2.13. The van der Waals surface area contributed by atoms with Crippen LogP contribution in [0, 0.1) is 0 Å². The van der Waals surface area contributed by atoms with E-state index in [9.17, 15) is 0 Å². The van der Waals surface area contributed by atoms with Crippen molar-refractivity contribution in [3.63, 3.8) is 0 Å². The number of benzene rings is 4. The number of ether oxygens (including phenoxy) is 9. The van der Waals surface area contributed by atoms with Gasteiger partial charge in [0.1, 0.15) is 48.6 Å². The number of pyridine rings is 2. The smallest absolute Gasteiger partial charge is 0.126 e. The molecule has 0 fully saturated rings. The second-order valence-electron chi connectivity index (χ2n) is 14.0. The maximum Gasteiger partial charge on any atom is 0.126 e. The van der Waals surface area contributed by atoms with Crippen molar-refractivity contribution in [2.24, 2.45) is 0 Å². The van der Waals surface area contributed by atoms with Gasteiger partial charge in [0.25, 0.3) is 0 Å². The number of hydrogen-bond donors (Lipinski definition) is 0. The summed E-state index contributed by atoms with van der Waals surface area (Å²) < 4.78 is 52.7. The fraction of sp³-hybridized carbons (Fsp3) is 0.347. The Hall–Kier alpha value is -5.72. The first-order chi connectivity index (χ1) is 29.7. The topological polar surface area (TPSA) is 109 Å². The highest BCUT2D eigenvalue weighted by Gasteiger charge is 2.10. The molecule has 0 aliphatic carbocycles. The van der Waals surface area contributed by atoms with E-state index in [1.165, 1.54) is 0 Å². The molecule has 5 heterocycles. The highest BCUT2D eigenvalue weighted by atomic mass is 16.6. The molecule has 0 radical (unpaired) electrons. The van der Waals surface area contributed by atoms with Gasteiger partial charge in [0, 0.05) is 46.7 Å². The van der Waals surface area contributed by atoms with Crippen molar-refractivity contribution in [3.05, 3.63) is 115 Å². The number of fused-ring (bicyclic) bond motifs is 2. The van der Waals surface area contributed by atoms with Gasteiger partial charge in [-0.1, -0.05) is 43.3 Å². The molecule has 0 amide bonds. The molecular formula is C49H54N2O9. The fourth-order valence-electron chi connectivity index (χ4n) is 6.50. The van der Waals surface area contributed by atoms with Crippen LogP contribution in [0.5, 0.6) is 28.7 Å². The third kappa shape index (κ3) is 12.9. The van der Waals surface area contributed by atoms with Crippen LogP contribution >= 0.6 is 0 Å². The summed E-state index contributed by atoms with van der Waals surface area (Å²) in [4.78, 5) is 10.2. The Morgan fingerprint density at radius 3 is 1.42 bits per heavy atom. The average molecular weight is 815 g/mol. The Bertz CT molecular complexity index is 2250. The van der Waals surface area contributed by atoms with Gasteiger partial charge in [0.2, 0.25) is 0 Å². The summed E-state index contributed by atoms with van der Waals surface area (Å²) in [6, 6.07) is 34.2. The average Bonchev–Trinajstić information content (AvgIpc) is 3.28. The van der Waals surface area contributed by atoms with Crippen molar-refractivity contribution in [1.29, 1.82) is 0 Å².